The number of rotatable bonds is 5. The summed E-state index contributed by atoms with van der Waals surface area (Å²) in [7, 11) is 0. The number of aromatic nitrogens is 1. The maximum atomic E-state index is 5.70. The lowest BCUT2D eigenvalue weighted by Crippen LogP contribution is -1.98. The molecule has 4 heteroatoms. The Bertz CT molecular complexity index is 730. The van der Waals surface area contributed by atoms with Crippen molar-refractivity contribution >= 4 is 17.0 Å². The molecule has 0 saturated carbocycles. The Morgan fingerprint density at radius 2 is 2.05 bits per heavy atom. The Morgan fingerprint density at radius 1 is 1.19 bits per heavy atom. The molecule has 0 spiro atoms. The van der Waals surface area contributed by atoms with Crippen molar-refractivity contribution in [1.29, 1.82) is 0 Å². The second-order valence-electron chi connectivity index (χ2n) is 4.91. The SMILES string of the molecule is CCc1ccc(CNc2cccc(-c3csc(C)n3)c2)o1. The molecule has 3 rings (SSSR count). The molecule has 2 heterocycles. The lowest BCUT2D eigenvalue weighted by atomic mass is 10.1. The predicted octanol–water partition coefficient (Wildman–Crippen LogP) is 4.89. The van der Waals surface area contributed by atoms with Crippen LogP contribution in [0.3, 0.4) is 0 Å². The van der Waals surface area contributed by atoms with Gasteiger partial charge >= 0.3 is 0 Å². The second-order valence-corrected chi connectivity index (χ2v) is 5.97. The van der Waals surface area contributed by atoms with Gasteiger partial charge in [0, 0.05) is 23.1 Å². The minimum Gasteiger partial charge on any atom is -0.464 e. The first-order valence-electron chi connectivity index (χ1n) is 7.08. The van der Waals surface area contributed by atoms with Gasteiger partial charge in [-0.3, -0.25) is 0 Å². The quantitative estimate of drug-likeness (QED) is 0.729. The standard InChI is InChI=1S/C17H18N2OS/c1-3-15-7-8-16(20-15)10-18-14-6-4-5-13(9-14)17-11-21-12(2)19-17/h4-9,11,18H,3,10H2,1-2H3. The molecule has 0 bridgehead atoms. The zero-order valence-electron chi connectivity index (χ0n) is 12.2. The molecule has 21 heavy (non-hydrogen) atoms. The van der Waals surface area contributed by atoms with Gasteiger partial charge in [-0.25, -0.2) is 4.98 Å². The van der Waals surface area contributed by atoms with Crippen LogP contribution in [-0.4, -0.2) is 4.98 Å². The number of hydrogen-bond acceptors (Lipinski definition) is 4. The van der Waals surface area contributed by atoms with Gasteiger partial charge in [0.15, 0.2) is 0 Å². The van der Waals surface area contributed by atoms with Crippen molar-refractivity contribution in [3.8, 4) is 11.3 Å². The molecule has 3 nitrogen and oxygen atoms in total. The van der Waals surface area contributed by atoms with Crippen molar-refractivity contribution in [2.45, 2.75) is 26.8 Å². The van der Waals surface area contributed by atoms with E-state index in [-0.39, 0.29) is 0 Å². The normalized spacial score (nSPS) is 10.8. The summed E-state index contributed by atoms with van der Waals surface area (Å²) >= 11 is 1.67. The maximum absolute atomic E-state index is 5.70. The zero-order valence-corrected chi connectivity index (χ0v) is 13.0. The third-order valence-corrected chi connectivity index (χ3v) is 4.08. The summed E-state index contributed by atoms with van der Waals surface area (Å²) in [5, 5.41) is 6.58. The Balaban J connectivity index is 1.71. The summed E-state index contributed by atoms with van der Waals surface area (Å²) in [6.07, 6.45) is 0.929. The average Bonchev–Trinajstić information content (AvgIpc) is 3.14. The first kappa shape index (κ1) is 13.9. The third-order valence-electron chi connectivity index (χ3n) is 3.31. The van der Waals surface area contributed by atoms with E-state index in [1.807, 2.05) is 25.1 Å². The average molecular weight is 298 g/mol. The number of nitrogens with one attached hydrogen (secondary N) is 1. The number of anilines is 1. The molecule has 1 aromatic carbocycles. The molecule has 0 aliphatic heterocycles. The van der Waals surface area contributed by atoms with Crippen LogP contribution in [0.4, 0.5) is 5.69 Å². The highest BCUT2D eigenvalue weighted by Gasteiger charge is 2.04. The number of furan rings is 1. The molecule has 1 N–H and O–H groups in total. The highest BCUT2D eigenvalue weighted by molar-refractivity contribution is 7.09. The molecule has 0 aliphatic rings. The van der Waals surface area contributed by atoms with Gasteiger partial charge in [0.1, 0.15) is 11.5 Å². The second kappa shape index (κ2) is 6.14. The minimum absolute atomic E-state index is 0.694. The van der Waals surface area contributed by atoms with E-state index in [1.54, 1.807) is 11.3 Å². The van der Waals surface area contributed by atoms with Crippen LogP contribution in [0.1, 0.15) is 23.5 Å². The Hall–Kier alpha value is -2.07. The summed E-state index contributed by atoms with van der Waals surface area (Å²) in [5.74, 6) is 1.99. The molecular formula is C17H18N2OS. The molecular weight excluding hydrogens is 280 g/mol. The largest absolute Gasteiger partial charge is 0.464 e. The van der Waals surface area contributed by atoms with Crippen molar-refractivity contribution in [1.82, 2.24) is 4.98 Å². The number of aryl methyl sites for hydroxylation is 2. The van der Waals surface area contributed by atoms with E-state index in [2.05, 4.69) is 40.8 Å². The topological polar surface area (TPSA) is 38.1 Å². The van der Waals surface area contributed by atoms with Gasteiger partial charge in [-0.05, 0) is 31.2 Å². The van der Waals surface area contributed by atoms with Crippen LogP contribution in [0.25, 0.3) is 11.3 Å². The van der Waals surface area contributed by atoms with Crippen molar-refractivity contribution in [3.05, 3.63) is 58.3 Å². The van der Waals surface area contributed by atoms with Crippen molar-refractivity contribution in [2.75, 3.05) is 5.32 Å². The molecule has 0 amide bonds. The van der Waals surface area contributed by atoms with Crippen LogP contribution in [0.5, 0.6) is 0 Å². The van der Waals surface area contributed by atoms with Gasteiger partial charge in [-0.1, -0.05) is 19.1 Å². The fourth-order valence-electron chi connectivity index (χ4n) is 2.18. The summed E-state index contributed by atoms with van der Waals surface area (Å²) in [5.41, 5.74) is 3.25. The lowest BCUT2D eigenvalue weighted by molar-refractivity contribution is 0.476. The van der Waals surface area contributed by atoms with Gasteiger partial charge < -0.3 is 9.73 Å². The zero-order chi connectivity index (χ0) is 14.7. The fourth-order valence-corrected chi connectivity index (χ4v) is 2.80. The number of nitrogens with zero attached hydrogens (tertiary/aromatic N) is 1. The minimum atomic E-state index is 0.694. The molecule has 3 aromatic rings. The van der Waals surface area contributed by atoms with Crippen LogP contribution in [-0.2, 0) is 13.0 Å². The van der Waals surface area contributed by atoms with Gasteiger partial charge in [0.05, 0.1) is 17.2 Å². The van der Waals surface area contributed by atoms with Crippen molar-refractivity contribution in [2.24, 2.45) is 0 Å². The Labute approximate surface area is 128 Å². The smallest absolute Gasteiger partial charge is 0.123 e. The fraction of sp³-hybridized carbons (Fsp3) is 0.235. The van der Waals surface area contributed by atoms with Crippen LogP contribution in [0.15, 0.2) is 46.2 Å². The molecule has 2 aromatic heterocycles. The van der Waals surface area contributed by atoms with Crippen molar-refractivity contribution in [3.63, 3.8) is 0 Å². The van der Waals surface area contributed by atoms with E-state index in [0.29, 0.717) is 6.54 Å². The monoisotopic (exact) mass is 298 g/mol. The van der Waals surface area contributed by atoms with Gasteiger partial charge in [-0.15, -0.1) is 11.3 Å². The van der Waals surface area contributed by atoms with Gasteiger partial charge in [0.25, 0.3) is 0 Å². The highest BCUT2D eigenvalue weighted by Crippen LogP contribution is 2.24. The molecule has 0 aliphatic carbocycles. The Kier molecular flexibility index (Phi) is 4.06. The van der Waals surface area contributed by atoms with E-state index in [4.69, 9.17) is 4.42 Å². The number of benzene rings is 1. The van der Waals surface area contributed by atoms with Crippen molar-refractivity contribution < 1.29 is 4.42 Å². The van der Waals surface area contributed by atoms with E-state index in [9.17, 15) is 0 Å². The van der Waals surface area contributed by atoms with E-state index in [0.717, 1.165) is 39.9 Å². The molecule has 0 atom stereocenters. The van der Waals surface area contributed by atoms with Crippen LogP contribution in [0.2, 0.25) is 0 Å². The first-order valence-corrected chi connectivity index (χ1v) is 7.96. The maximum Gasteiger partial charge on any atom is 0.123 e. The summed E-state index contributed by atoms with van der Waals surface area (Å²) in [4.78, 5) is 4.53. The molecule has 0 radical (unpaired) electrons. The molecule has 108 valence electrons. The molecule has 0 saturated heterocycles. The summed E-state index contributed by atoms with van der Waals surface area (Å²) in [6, 6.07) is 12.4. The van der Waals surface area contributed by atoms with Gasteiger partial charge in [-0.2, -0.15) is 0 Å². The van der Waals surface area contributed by atoms with E-state index in [1.165, 1.54) is 0 Å². The van der Waals surface area contributed by atoms with Crippen LogP contribution < -0.4 is 5.32 Å². The third kappa shape index (κ3) is 3.34. The van der Waals surface area contributed by atoms with Crippen LogP contribution in [0, 0.1) is 6.92 Å². The summed E-state index contributed by atoms with van der Waals surface area (Å²) < 4.78 is 5.70. The van der Waals surface area contributed by atoms with E-state index < -0.39 is 0 Å². The van der Waals surface area contributed by atoms with Crippen LogP contribution >= 0.6 is 11.3 Å². The molecule has 0 fully saturated rings. The number of thiazole rings is 1. The number of hydrogen-bond donors (Lipinski definition) is 1. The summed E-state index contributed by atoms with van der Waals surface area (Å²) in [6.45, 7) is 4.81. The molecule has 0 unspecified atom stereocenters. The van der Waals surface area contributed by atoms with E-state index >= 15 is 0 Å². The first-order chi connectivity index (χ1) is 10.2. The lowest BCUT2D eigenvalue weighted by Gasteiger charge is -2.06. The van der Waals surface area contributed by atoms with Gasteiger partial charge in [0.2, 0.25) is 0 Å². The predicted molar refractivity (Wildman–Crippen MR) is 87.7 cm³/mol. The Morgan fingerprint density at radius 3 is 2.76 bits per heavy atom. The highest BCUT2D eigenvalue weighted by atomic mass is 32.1.